The van der Waals surface area contributed by atoms with Crippen molar-refractivity contribution in [3.05, 3.63) is 24.5 Å². The molecule has 3 rings (SSSR count). The van der Waals surface area contributed by atoms with Crippen molar-refractivity contribution in [1.82, 2.24) is 25.3 Å². The van der Waals surface area contributed by atoms with Gasteiger partial charge in [0.1, 0.15) is 10.8 Å². The summed E-state index contributed by atoms with van der Waals surface area (Å²) in [6.07, 6.45) is 7.05. The summed E-state index contributed by atoms with van der Waals surface area (Å²) in [6.45, 7) is 3.19. The topological polar surface area (TPSA) is 88.1 Å². The molecule has 0 radical (unpaired) electrons. The molecule has 3 heterocycles. The quantitative estimate of drug-likeness (QED) is 0.310. The molecule has 0 aromatic carbocycles. The first-order valence-electron chi connectivity index (χ1n) is 8.87. The molecular formula is C17H23N7OS2. The van der Waals surface area contributed by atoms with Crippen LogP contribution in [0.2, 0.25) is 0 Å². The number of hydrogen-bond acceptors (Lipinski definition) is 8. The van der Waals surface area contributed by atoms with Crippen molar-refractivity contribution in [2.45, 2.75) is 29.4 Å². The van der Waals surface area contributed by atoms with E-state index < -0.39 is 0 Å². The second-order valence-electron chi connectivity index (χ2n) is 5.94. The van der Waals surface area contributed by atoms with E-state index in [1.165, 1.54) is 31.0 Å². The van der Waals surface area contributed by atoms with Crippen molar-refractivity contribution in [1.29, 1.82) is 0 Å². The van der Waals surface area contributed by atoms with E-state index in [4.69, 9.17) is 17.0 Å². The van der Waals surface area contributed by atoms with E-state index in [0.717, 1.165) is 23.9 Å². The first-order valence-corrected chi connectivity index (χ1v) is 10.1. The van der Waals surface area contributed by atoms with Crippen molar-refractivity contribution >= 4 is 40.9 Å². The standard InChI is InChI=1S/C17H23N7OS2/c1-25-11-8-18-16(26)23-15-21-13(24-9-3-2-4-10-24)12-14(22-15)27-17-19-6-5-7-20-17/h5-7,12H,2-4,8-11H2,1H3,(H2,18,21,22,23,26). The number of aromatic nitrogens is 4. The number of nitrogens with one attached hydrogen (secondary N) is 2. The van der Waals surface area contributed by atoms with Gasteiger partial charge < -0.3 is 20.3 Å². The van der Waals surface area contributed by atoms with Crippen LogP contribution in [0.3, 0.4) is 0 Å². The molecule has 0 aliphatic carbocycles. The monoisotopic (exact) mass is 405 g/mol. The number of methoxy groups -OCH3 is 1. The van der Waals surface area contributed by atoms with Gasteiger partial charge in [-0.25, -0.2) is 15.0 Å². The maximum Gasteiger partial charge on any atom is 0.232 e. The molecule has 1 saturated heterocycles. The number of hydrogen-bond donors (Lipinski definition) is 2. The zero-order valence-corrected chi connectivity index (χ0v) is 16.9. The second kappa shape index (κ2) is 10.3. The van der Waals surface area contributed by atoms with Gasteiger partial charge in [0.25, 0.3) is 0 Å². The van der Waals surface area contributed by atoms with Crippen LogP contribution < -0.4 is 15.5 Å². The number of nitrogens with zero attached hydrogens (tertiary/aromatic N) is 5. The van der Waals surface area contributed by atoms with E-state index in [1.807, 2.05) is 6.07 Å². The summed E-state index contributed by atoms with van der Waals surface area (Å²) in [4.78, 5) is 20.0. The highest BCUT2D eigenvalue weighted by molar-refractivity contribution is 7.99. The summed E-state index contributed by atoms with van der Waals surface area (Å²) in [5.41, 5.74) is 0. The minimum absolute atomic E-state index is 0.464. The lowest BCUT2D eigenvalue weighted by molar-refractivity contribution is 0.204. The van der Waals surface area contributed by atoms with E-state index in [0.29, 0.717) is 29.4 Å². The molecule has 0 atom stereocenters. The van der Waals surface area contributed by atoms with E-state index in [-0.39, 0.29) is 0 Å². The number of piperidine rings is 1. The van der Waals surface area contributed by atoms with Crippen LogP contribution in [0.15, 0.2) is 34.7 Å². The lowest BCUT2D eigenvalue weighted by atomic mass is 10.1. The van der Waals surface area contributed by atoms with Crippen LogP contribution in [0.25, 0.3) is 0 Å². The normalized spacial score (nSPS) is 14.0. The molecular weight excluding hydrogens is 382 g/mol. The van der Waals surface area contributed by atoms with E-state index >= 15 is 0 Å². The number of ether oxygens (including phenoxy) is 1. The molecule has 0 unspecified atom stereocenters. The van der Waals surface area contributed by atoms with Crippen LogP contribution in [0.5, 0.6) is 0 Å². The van der Waals surface area contributed by atoms with Crippen LogP contribution in [0.4, 0.5) is 11.8 Å². The summed E-state index contributed by atoms with van der Waals surface area (Å²) < 4.78 is 5.02. The Morgan fingerprint density at radius 1 is 1.22 bits per heavy atom. The maximum atomic E-state index is 5.32. The predicted octanol–water partition coefficient (Wildman–Crippen LogP) is 2.34. The van der Waals surface area contributed by atoms with Crippen LogP contribution in [-0.2, 0) is 4.74 Å². The van der Waals surface area contributed by atoms with Crippen molar-refractivity contribution < 1.29 is 4.74 Å². The highest BCUT2D eigenvalue weighted by Gasteiger charge is 2.16. The molecule has 0 saturated carbocycles. The Bertz CT molecular complexity index is 741. The van der Waals surface area contributed by atoms with Gasteiger partial charge in [-0.15, -0.1) is 0 Å². The van der Waals surface area contributed by atoms with Gasteiger partial charge in [-0.3, -0.25) is 0 Å². The van der Waals surface area contributed by atoms with E-state index in [2.05, 4.69) is 35.5 Å². The number of thiocarbonyl (C=S) groups is 1. The summed E-state index contributed by atoms with van der Waals surface area (Å²) in [5.74, 6) is 1.36. The average Bonchev–Trinajstić information content (AvgIpc) is 2.69. The third-order valence-corrected chi connectivity index (χ3v) is 4.98. The zero-order valence-electron chi connectivity index (χ0n) is 15.2. The van der Waals surface area contributed by atoms with E-state index in [1.54, 1.807) is 25.6 Å². The molecule has 2 aromatic rings. The molecule has 0 amide bonds. The largest absolute Gasteiger partial charge is 0.383 e. The molecule has 144 valence electrons. The van der Waals surface area contributed by atoms with Gasteiger partial charge in [-0.05, 0) is 49.3 Å². The Morgan fingerprint density at radius 2 is 2.00 bits per heavy atom. The molecule has 0 bridgehead atoms. The van der Waals surface area contributed by atoms with Crippen molar-refractivity contribution in [3.63, 3.8) is 0 Å². The molecule has 10 heteroatoms. The highest BCUT2D eigenvalue weighted by atomic mass is 32.2. The minimum atomic E-state index is 0.464. The van der Waals surface area contributed by atoms with Crippen LogP contribution >= 0.6 is 24.0 Å². The lowest BCUT2D eigenvalue weighted by Crippen LogP contribution is -2.33. The molecule has 2 N–H and O–H groups in total. The number of rotatable bonds is 7. The maximum absolute atomic E-state index is 5.32. The predicted molar refractivity (Wildman–Crippen MR) is 110 cm³/mol. The van der Waals surface area contributed by atoms with Gasteiger partial charge in [0.05, 0.1) is 6.61 Å². The Kier molecular flexibility index (Phi) is 7.55. The molecule has 1 fully saturated rings. The number of anilines is 2. The van der Waals surface area contributed by atoms with Crippen LogP contribution in [-0.4, -0.2) is 58.4 Å². The first kappa shape index (κ1) is 19.7. The summed E-state index contributed by atoms with van der Waals surface area (Å²) in [7, 11) is 1.65. The Balaban J connectivity index is 1.78. The molecule has 1 aliphatic rings. The van der Waals surface area contributed by atoms with Gasteiger partial charge in [-0.2, -0.15) is 4.98 Å². The average molecular weight is 406 g/mol. The fraction of sp³-hybridized carbons (Fsp3) is 0.471. The van der Waals surface area contributed by atoms with Gasteiger partial charge in [0.15, 0.2) is 10.3 Å². The van der Waals surface area contributed by atoms with Gasteiger partial charge in [0.2, 0.25) is 5.95 Å². The molecule has 27 heavy (non-hydrogen) atoms. The molecule has 0 spiro atoms. The summed E-state index contributed by atoms with van der Waals surface area (Å²) in [6, 6.07) is 3.78. The molecule has 1 aliphatic heterocycles. The molecule has 8 nitrogen and oxygen atoms in total. The highest BCUT2D eigenvalue weighted by Crippen LogP contribution is 2.28. The third kappa shape index (κ3) is 6.26. The second-order valence-corrected chi connectivity index (χ2v) is 7.34. The van der Waals surface area contributed by atoms with E-state index in [9.17, 15) is 0 Å². The summed E-state index contributed by atoms with van der Waals surface area (Å²) >= 11 is 6.72. The minimum Gasteiger partial charge on any atom is -0.383 e. The Labute approximate surface area is 168 Å². The van der Waals surface area contributed by atoms with Gasteiger partial charge in [-0.1, -0.05) is 0 Å². The van der Waals surface area contributed by atoms with Crippen LogP contribution in [0.1, 0.15) is 19.3 Å². The SMILES string of the molecule is COCCNC(=S)Nc1nc(Sc2ncccn2)cc(N2CCCCC2)n1. The molecule has 2 aromatic heterocycles. The fourth-order valence-electron chi connectivity index (χ4n) is 2.65. The fourth-order valence-corrected chi connectivity index (χ4v) is 3.55. The van der Waals surface area contributed by atoms with Crippen molar-refractivity contribution in [2.75, 3.05) is 43.6 Å². The lowest BCUT2D eigenvalue weighted by Gasteiger charge is -2.28. The first-order chi connectivity index (χ1) is 13.2. The Morgan fingerprint density at radius 3 is 2.74 bits per heavy atom. The zero-order chi connectivity index (χ0) is 18.9. The van der Waals surface area contributed by atoms with Crippen LogP contribution in [0, 0.1) is 0 Å². The van der Waals surface area contributed by atoms with Crippen molar-refractivity contribution in [2.24, 2.45) is 0 Å². The Hall–Kier alpha value is -2.04. The van der Waals surface area contributed by atoms with Gasteiger partial charge >= 0.3 is 0 Å². The van der Waals surface area contributed by atoms with Gasteiger partial charge in [0, 0.05) is 45.2 Å². The summed E-state index contributed by atoms with van der Waals surface area (Å²) in [5, 5.41) is 8.03. The smallest absolute Gasteiger partial charge is 0.232 e. The van der Waals surface area contributed by atoms with Crippen molar-refractivity contribution in [3.8, 4) is 0 Å². The third-order valence-electron chi connectivity index (χ3n) is 3.92.